The minimum absolute atomic E-state index is 0. The van der Waals surface area contributed by atoms with Crippen LogP contribution in [0.1, 0.15) is 51.9 Å². The van der Waals surface area contributed by atoms with Crippen LogP contribution in [0.2, 0.25) is 0 Å². The van der Waals surface area contributed by atoms with Crippen molar-refractivity contribution in [3.63, 3.8) is 0 Å². The Morgan fingerprint density at radius 1 is 1.32 bits per heavy atom. The second-order valence-electron chi connectivity index (χ2n) is 5.97. The van der Waals surface area contributed by atoms with Crippen LogP contribution in [0.4, 0.5) is 0 Å². The Balaban J connectivity index is 0.00000441. The molecule has 1 unspecified atom stereocenters. The van der Waals surface area contributed by atoms with E-state index in [4.69, 9.17) is 10.5 Å². The van der Waals surface area contributed by atoms with Crippen molar-refractivity contribution in [2.45, 2.75) is 58.1 Å². The average Bonchev–Trinajstić information content (AvgIpc) is 2.44. The number of nitrogens with two attached hydrogens (primary N) is 1. The van der Waals surface area contributed by atoms with Crippen molar-refractivity contribution in [1.82, 2.24) is 0 Å². The molecule has 0 aromatic heterocycles. The first kappa shape index (κ1) is 20.9. The molecule has 0 radical (unpaired) electrons. The summed E-state index contributed by atoms with van der Waals surface area (Å²) in [5.41, 5.74) is 5.75. The fraction of sp³-hybridized carbons (Fsp3) is 0.800. The molecule has 0 saturated heterocycles. The SMILES string of the molecule is C=C(C)C(=O)OC(CC[C@H]1CC[C@H](CCN)CC1)[N+](=O)[O-].Cl. The van der Waals surface area contributed by atoms with Crippen molar-refractivity contribution in [2.24, 2.45) is 17.6 Å². The van der Waals surface area contributed by atoms with Gasteiger partial charge in [-0.15, -0.1) is 12.4 Å². The Labute approximate surface area is 138 Å². The predicted molar refractivity (Wildman–Crippen MR) is 87.3 cm³/mol. The number of hydrogen-bond donors (Lipinski definition) is 1. The van der Waals surface area contributed by atoms with Gasteiger partial charge in [0.25, 0.3) is 0 Å². The topological polar surface area (TPSA) is 95.5 Å². The van der Waals surface area contributed by atoms with E-state index in [2.05, 4.69) is 6.58 Å². The second kappa shape index (κ2) is 10.6. The van der Waals surface area contributed by atoms with Gasteiger partial charge in [0.05, 0.1) is 11.3 Å². The molecular weight excluding hydrogens is 308 g/mol. The molecule has 0 heterocycles. The van der Waals surface area contributed by atoms with Crippen molar-refractivity contribution < 1.29 is 14.5 Å². The molecule has 22 heavy (non-hydrogen) atoms. The molecule has 0 amide bonds. The van der Waals surface area contributed by atoms with Crippen LogP contribution in [0.15, 0.2) is 12.2 Å². The van der Waals surface area contributed by atoms with Crippen LogP contribution < -0.4 is 5.73 Å². The highest BCUT2D eigenvalue weighted by molar-refractivity contribution is 5.87. The number of ether oxygens (including phenoxy) is 1. The highest BCUT2D eigenvalue weighted by Gasteiger charge is 2.28. The smallest absolute Gasteiger partial charge is 0.356 e. The number of nitro groups is 1. The lowest BCUT2D eigenvalue weighted by Gasteiger charge is -2.28. The molecule has 0 bridgehead atoms. The Bertz CT molecular complexity index is 382. The van der Waals surface area contributed by atoms with E-state index >= 15 is 0 Å². The van der Waals surface area contributed by atoms with Gasteiger partial charge in [-0.2, -0.15) is 0 Å². The third-order valence-corrected chi connectivity index (χ3v) is 4.19. The lowest BCUT2D eigenvalue weighted by Crippen LogP contribution is -2.28. The molecule has 1 aliphatic rings. The van der Waals surface area contributed by atoms with E-state index in [-0.39, 0.29) is 24.4 Å². The summed E-state index contributed by atoms with van der Waals surface area (Å²) in [5.74, 6) is 0.507. The first-order valence-corrected chi connectivity index (χ1v) is 7.64. The normalized spacial score (nSPS) is 22.3. The Morgan fingerprint density at radius 2 is 1.82 bits per heavy atom. The number of nitrogens with zero attached hydrogens (tertiary/aromatic N) is 1. The van der Waals surface area contributed by atoms with Gasteiger partial charge < -0.3 is 10.5 Å². The molecule has 1 rings (SSSR count). The molecule has 1 aliphatic carbocycles. The number of carbonyl (C=O) groups excluding carboxylic acids is 1. The first-order chi connectivity index (χ1) is 9.93. The molecular formula is C15H27ClN2O4. The van der Waals surface area contributed by atoms with Gasteiger partial charge in [-0.25, -0.2) is 4.79 Å². The quantitative estimate of drug-likeness (QED) is 0.242. The van der Waals surface area contributed by atoms with E-state index in [1.807, 2.05) is 0 Å². The highest BCUT2D eigenvalue weighted by Crippen LogP contribution is 2.33. The van der Waals surface area contributed by atoms with Gasteiger partial charge in [-0.3, -0.25) is 10.1 Å². The van der Waals surface area contributed by atoms with Crippen molar-refractivity contribution in [3.8, 4) is 0 Å². The maximum Gasteiger partial charge on any atom is 0.356 e. The molecule has 0 spiro atoms. The van der Waals surface area contributed by atoms with Gasteiger partial charge in [0, 0.05) is 5.57 Å². The van der Waals surface area contributed by atoms with Crippen LogP contribution >= 0.6 is 12.4 Å². The zero-order valence-corrected chi connectivity index (χ0v) is 14.0. The summed E-state index contributed by atoms with van der Waals surface area (Å²) in [4.78, 5) is 21.8. The Kier molecular flexibility index (Phi) is 10.0. The van der Waals surface area contributed by atoms with E-state index in [9.17, 15) is 14.9 Å². The lowest BCUT2D eigenvalue weighted by atomic mass is 9.79. The van der Waals surface area contributed by atoms with Crippen molar-refractivity contribution in [1.29, 1.82) is 0 Å². The summed E-state index contributed by atoms with van der Waals surface area (Å²) in [6, 6.07) is 0. The maximum atomic E-state index is 11.4. The van der Waals surface area contributed by atoms with Crippen LogP contribution in [-0.4, -0.2) is 23.7 Å². The lowest BCUT2D eigenvalue weighted by molar-refractivity contribution is -0.569. The van der Waals surface area contributed by atoms with Gasteiger partial charge in [-0.05, 0) is 38.1 Å². The molecule has 1 fully saturated rings. The monoisotopic (exact) mass is 334 g/mol. The number of halogens is 1. The predicted octanol–water partition coefficient (Wildman–Crippen LogP) is 3.07. The van der Waals surface area contributed by atoms with E-state index in [1.54, 1.807) is 0 Å². The molecule has 0 aliphatic heterocycles. The van der Waals surface area contributed by atoms with Gasteiger partial charge in [0.1, 0.15) is 0 Å². The van der Waals surface area contributed by atoms with Gasteiger partial charge in [0.2, 0.25) is 0 Å². The maximum absolute atomic E-state index is 11.4. The van der Waals surface area contributed by atoms with E-state index in [1.165, 1.54) is 6.92 Å². The Hall–Kier alpha value is -1.14. The summed E-state index contributed by atoms with van der Waals surface area (Å²) in [7, 11) is 0. The van der Waals surface area contributed by atoms with E-state index in [0.717, 1.165) is 45.1 Å². The summed E-state index contributed by atoms with van der Waals surface area (Å²) in [6.07, 6.45) is 5.29. The minimum Gasteiger partial charge on any atom is -0.395 e. The third kappa shape index (κ3) is 7.22. The van der Waals surface area contributed by atoms with Crippen molar-refractivity contribution >= 4 is 18.4 Å². The molecule has 0 aromatic rings. The minimum atomic E-state index is -1.25. The van der Waals surface area contributed by atoms with Gasteiger partial charge in [-0.1, -0.05) is 32.3 Å². The van der Waals surface area contributed by atoms with Gasteiger partial charge in [0.15, 0.2) is 0 Å². The zero-order valence-electron chi connectivity index (χ0n) is 13.2. The average molecular weight is 335 g/mol. The number of rotatable bonds is 8. The molecule has 2 N–H and O–H groups in total. The third-order valence-electron chi connectivity index (χ3n) is 4.19. The standard InChI is InChI=1S/C15H26N2O4.ClH/c1-11(2)15(18)21-14(17(19)20)8-7-12-3-5-13(6-4-12)9-10-16;/h12-14H,1,3-10,16H2,2H3;1H/t12-,13-,14?;. The number of carbonyl (C=O) groups is 1. The molecule has 6 nitrogen and oxygen atoms in total. The van der Waals surface area contributed by atoms with Crippen molar-refractivity contribution in [2.75, 3.05) is 6.54 Å². The van der Waals surface area contributed by atoms with Crippen LogP contribution in [0.5, 0.6) is 0 Å². The largest absolute Gasteiger partial charge is 0.395 e. The second-order valence-corrected chi connectivity index (χ2v) is 5.97. The van der Waals surface area contributed by atoms with Crippen LogP contribution in [0, 0.1) is 22.0 Å². The molecule has 1 atom stereocenters. The summed E-state index contributed by atoms with van der Waals surface area (Å²) in [6.45, 7) is 5.65. The zero-order chi connectivity index (χ0) is 15.8. The molecule has 1 saturated carbocycles. The Morgan fingerprint density at radius 3 is 2.23 bits per heavy atom. The van der Waals surface area contributed by atoms with Crippen LogP contribution in [-0.2, 0) is 9.53 Å². The highest BCUT2D eigenvalue weighted by atomic mass is 35.5. The molecule has 128 valence electrons. The summed E-state index contributed by atoms with van der Waals surface area (Å²) < 4.78 is 4.87. The fourth-order valence-electron chi connectivity index (χ4n) is 2.85. The van der Waals surface area contributed by atoms with Gasteiger partial charge >= 0.3 is 12.2 Å². The van der Waals surface area contributed by atoms with Crippen LogP contribution in [0.25, 0.3) is 0 Å². The van der Waals surface area contributed by atoms with Crippen molar-refractivity contribution in [3.05, 3.63) is 22.3 Å². The molecule has 7 heteroatoms. The number of hydrogen-bond acceptors (Lipinski definition) is 5. The van der Waals surface area contributed by atoms with Crippen LogP contribution in [0.3, 0.4) is 0 Å². The summed E-state index contributed by atoms with van der Waals surface area (Å²) in [5, 5.41) is 11.0. The summed E-state index contributed by atoms with van der Waals surface area (Å²) >= 11 is 0. The van der Waals surface area contributed by atoms with E-state index < -0.39 is 17.1 Å². The first-order valence-electron chi connectivity index (χ1n) is 7.64. The van der Waals surface area contributed by atoms with E-state index in [0.29, 0.717) is 11.8 Å². The number of esters is 1. The molecule has 0 aromatic carbocycles. The fourth-order valence-corrected chi connectivity index (χ4v) is 2.85.